The van der Waals surface area contributed by atoms with Gasteiger partial charge in [-0.2, -0.15) is 5.10 Å². The maximum atomic E-state index is 10.5. The van der Waals surface area contributed by atoms with Crippen molar-refractivity contribution in [3.05, 3.63) is 82.1 Å². The van der Waals surface area contributed by atoms with Gasteiger partial charge in [0.2, 0.25) is 0 Å². The number of halogens is 1. The lowest BCUT2D eigenvalue weighted by Gasteiger charge is -2.10. The third-order valence-electron chi connectivity index (χ3n) is 3.32. The fourth-order valence-electron chi connectivity index (χ4n) is 2.31. The van der Waals surface area contributed by atoms with Gasteiger partial charge in [0.1, 0.15) is 6.10 Å². The summed E-state index contributed by atoms with van der Waals surface area (Å²) in [5.41, 5.74) is 3.71. The number of aryl methyl sites for hydroxylation is 1. The van der Waals surface area contributed by atoms with Gasteiger partial charge in [0.25, 0.3) is 0 Å². The van der Waals surface area contributed by atoms with Crippen molar-refractivity contribution >= 4 is 15.9 Å². The zero-order valence-corrected chi connectivity index (χ0v) is 13.2. The van der Waals surface area contributed by atoms with Crippen molar-refractivity contribution in [1.29, 1.82) is 0 Å². The SMILES string of the molecule is Cc1cc(Br)cc(C(O)c2cnn(-c3ccccc3)c2)c1. The van der Waals surface area contributed by atoms with Gasteiger partial charge < -0.3 is 5.11 Å². The van der Waals surface area contributed by atoms with Crippen molar-refractivity contribution in [3.8, 4) is 5.69 Å². The number of aliphatic hydroxyl groups is 1. The van der Waals surface area contributed by atoms with Gasteiger partial charge >= 0.3 is 0 Å². The highest BCUT2D eigenvalue weighted by atomic mass is 79.9. The summed E-state index contributed by atoms with van der Waals surface area (Å²) in [4.78, 5) is 0. The Labute approximate surface area is 132 Å². The lowest BCUT2D eigenvalue weighted by molar-refractivity contribution is 0.220. The molecule has 0 radical (unpaired) electrons. The zero-order valence-electron chi connectivity index (χ0n) is 11.6. The Hall–Kier alpha value is -1.91. The molecular formula is C17H15BrN2O. The number of rotatable bonds is 3. The average Bonchev–Trinajstić information content (AvgIpc) is 2.96. The molecule has 106 valence electrons. The van der Waals surface area contributed by atoms with Crippen LogP contribution >= 0.6 is 15.9 Å². The molecule has 0 saturated heterocycles. The van der Waals surface area contributed by atoms with Crippen LogP contribution in [0.15, 0.2) is 65.4 Å². The third kappa shape index (κ3) is 3.06. The number of aromatic nitrogens is 2. The number of benzene rings is 2. The van der Waals surface area contributed by atoms with Crippen LogP contribution in [0.2, 0.25) is 0 Å². The topological polar surface area (TPSA) is 38.1 Å². The van der Waals surface area contributed by atoms with Crippen LogP contribution in [0.5, 0.6) is 0 Å². The normalized spacial score (nSPS) is 12.3. The summed E-state index contributed by atoms with van der Waals surface area (Å²) >= 11 is 3.46. The van der Waals surface area contributed by atoms with Crippen molar-refractivity contribution in [1.82, 2.24) is 9.78 Å². The summed E-state index contributed by atoms with van der Waals surface area (Å²) in [6.45, 7) is 2.01. The van der Waals surface area contributed by atoms with Gasteiger partial charge in [0.05, 0.1) is 11.9 Å². The summed E-state index contributed by atoms with van der Waals surface area (Å²) in [7, 11) is 0. The van der Waals surface area contributed by atoms with E-state index >= 15 is 0 Å². The van der Waals surface area contributed by atoms with E-state index in [-0.39, 0.29) is 0 Å². The molecule has 0 aliphatic rings. The fourth-order valence-corrected chi connectivity index (χ4v) is 2.94. The molecule has 3 rings (SSSR count). The van der Waals surface area contributed by atoms with Crippen LogP contribution in [0.3, 0.4) is 0 Å². The molecule has 1 aromatic heterocycles. The van der Waals surface area contributed by atoms with Crippen LogP contribution in [0.25, 0.3) is 5.69 Å². The molecular weight excluding hydrogens is 328 g/mol. The van der Waals surface area contributed by atoms with Crippen LogP contribution in [-0.4, -0.2) is 14.9 Å². The molecule has 0 fully saturated rings. The average molecular weight is 343 g/mol. The summed E-state index contributed by atoms with van der Waals surface area (Å²) in [6, 6.07) is 15.8. The van der Waals surface area contributed by atoms with Crippen molar-refractivity contribution in [2.24, 2.45) is 0 Å². The van der Waals surface area contributed by atoms with Crippen LogP contribution < -0.4 is 0 Å². The first-order valence-corrected chi connectivity index (χ1v) is 7.48. The Balaban J connectivity index is 1.92. The molecule has 21 heavy (non-hydrogen) atoms. The molecule has 1 heterocycles. The Morgan fingerprint density at radius 3 is 2.57 bits per heavy atom. The first-order chi connectivity index (χ1) is 10.1. The highest BCUT2D eigenvalue weighted by Gasteiger charge is 2.14. The van der Waals surface area contributed by atoms with Crippen molar-refractivity contribution in [3.63, 3.8) is 0 Å². The lowest BCUT2D eigenvalue weighted by atomic mass is 10.0. The highest BCUT2D eigenvalue weighted by molar-refractivity contribution is 9.10. The molecule has 2 aromatic carbocycles. The first kappa shape index (κ1) is 14.0. The number of hydrogen-bond acceptors (Lipinski definition) is 2. The molecule has 0 spiro atoms. The van der Waals surface area contributed by atoms with E-state index in [1.54, 1.807) is 10.9 Å². The maximum Gasteiger partial charge on any atom is 0.107 e. The summed E-state index contributed by atoms with van der Waals surface area (Å²) < 4.78 is 2.73. The molecule has 3 nitrogen and oxygen atoms in total. The Morgan fingerprint density at radius 1 is 1.10 bits per heavy atom. The fraction of sp³-hybridized carbons (Fsp3) is 0.118. The van der Waals surface area contributed by atoms with E-state index in [0.717, 1.165) is 26.9 Å². The molecule has 1 unspecified atom stereocenters. The van der Waals surface area contributed by atoms with Gasteiger partial charge in [-0.3, -0.25) is 0 Å². The van der Waals surface area contributed by atoms with Gasteiger partial charge in [-0.05, 0) is 42.3 Å². The quantitative estimate of drug-likeness (QED) is 0.780. The second kappa shape index (κ2) is 5.84. The van der Waals surface area contributed by atoms with E-state index in [1.807, 2.05) is 61.7 Å². The van der Waals surface area contributed by atoms with Gasteiger partial charge in [0.15, 0.2) is 0 Å². The zero-order chi connectivity index (χ0) is 14.8. The van der Waals surface area contributed by atoms with Gasteiger partial charge in [0, 0.05) is 16.2 Å². The second-order valence-electron chi connectivity index (χ2n) is 5.02. The Morgan fingerprint density at radius 2 is 1.86 bits per heavy atom. The number of hydrogen-bond donors (Lipinski definition) is 1. The molecule has 0 bridgehead atoms. The van der Waals surface area contributed by atoms with Crippen LogP contribution in [-0.2, 0) is 0 Å². The minimum absolute atomic E-state index is 0.682. The number of nitrogens with zero attached hydrogens (tertiary/aromatic N) is 2. The van der Waals surface area contributed by atoms with E-state index in [9.17, 15) is 5.11 Å². The first-order valence-electron chi connectivity index (χ1n) is 6.68. The largest absolute Gasteiger partial charge is 0.384 e. The van der Waals surface area contributed by atoms with E-state index < -0.39 is 6.10 Å². The van der Waals surface area contributed by atoms with E-state index in [0.29, 0.717) is 0 Å². The van der Waals surface area contributed by atoms with E-state index in [2.05, 4.69) is 21.0 Å². The summed E-state index contributed by atoms with van der Waals surface area (Å²) in [5, 5.41) is 14.8. The van der Waals surface area contributed by atoms with E-state index in [4.69, 9.17) is 0 Å². The standard InChI is InChI=1S/C17H15BrN2O/c1-12-7-13(9-15(18)8-12)17(21)14-10-19-20(11-14)16-5-3-2-4-6-16/h2-11,17,21H,1H3. The van der Waals surface area contributed by atoms with Crippen molar-refractivity contribution in [2.75, 3.05) is 0 Å². The van der Waals surface area contributed by atoms with Gasteiger partial charge in [-0.25, -0.2) is 4.68 Å². The minimum Gasteiger partial charge on any atom is -0.384 e. The highest BCUT2D eigenvalue weighted by Crippen LogP contribution is 2.26. The molecule has 1 atom stereocenters. The Bertz CT molecular complexity index is 732. The van der Waals surface area contributed by atoms with Gasteiger partial charge in [-0.15, -0.1) is 0 Å². The summed E-state index contributed by atoms with van der Waals surface area (Å²) in [6.07, 6.45) is 2.88. The molecule has 1 N–H and O–H groups in total. The van der Waals surface area contributed by atoms with Crippen LogP contribution in [0.1, 0.15) is 22.8 Å². The van der Waals surface area contributed by atoms with Crippen molar-refractivity contribution in [2.45, 2.75) is 13.0 Å². The van der Waals surface area contributed by atoms with Crippen molar-refractivity contribution < 1.29 is 5.11 Å². The lowest BCUT2D eigenvalue weighted by Crippen LogP contribution is -1.99. The monoisotopic (exact) mass is 342 g/mol. The molecule has 4 heteroatoms. The van der Waals surface area contributed by atoms with E-state index in [1.165, 1.54) is 0 Å². The minimum atomic E-state index is -0.682. The predicted octanol–water partition coefficient (Wildman–Crippen LogP) is 4.02. The molecule has 0 amide bonds. The third-order valence-corrected chi connectivity index (χ3v) is 3.78. The maximum absolute atomic E-state index is 10.5. The predicted molar refractivity (Wildman–Crippen MR) is 86.5 cm³/mol. The Kier molecular flexibility index (Phi) is 3.90. The smallest absolute Gasteiger partial charge is 0.107 e. The van der Waals surface area contributed by atoms with Gasteiger partial charge in [-0.1, -0.05) is 40.2 Å². The second-order valence-corrected chi connectivity index (χ2v) is 5.93. The number of aliphatic hydroxyl groups excluding tert-OH is 1. The summed E-state index contributed by atoms with van der Waals surface area (Å²) in [5.74, 6) is 0. The molecule has 3 aromatic rings. The van der Waals surface area contributed by atoms with Crippen LogP contribution in [0.4, 0.5) is 0 Å². The molecule has 0 saturated carbocycles. The molecule has 0 aliphatic heterocycles. The number of para-hydroxylation sites is 1. The molecule has 0 aliphatic carbocycles. The van der Waals surface area contributed by atoms with Crippen LogP contribution in [0, 0.1) is 6.92 Å².